The van der Waals surface area contributed by atoms with Crippen LogP contribution in [-0.4, -0.2) is 27.7 Å². The van der Waals surface area contributed by atoms with Gasteiger partial charge in [0.05, 0.1) is 35.4 Å². The molecule has 3 heterocycles. The zero-order valence-electron chi connectivity index (χ0n) is 11.3. The van der Waals surface area contributed by atoms with Gasteiger partial charge < -0.3 is 9.72 Å². The average Bonchev–Trinajstić information content (AvgIpc) is 2.84. The van der Waals surface area contributed by atoms with Gasteiger partial charge in [-0.2, -0.15) is 0 Å². The van der Waals surface area contributed by atoms with Crippen LogP contribution >= 0.6 is 15.9 Å². The molecule has 0 bridgehead atoms. The first-order chi connectivity index (χ1) is 10.2. The van der Waals surface area contributed by atoms with Gasteiger partial charge in [-0.25, -0.2) is 4.79 Å². The van der Waals surface area contributed by atoms with E-state index < -0.39 is 0 Å². The van der Waals surface area contributed by atoms with E-state index in [1.165, 1.54) is 0 Å². The average molecular weight is 348 g/mol. The summed E-state index contributed by atoms with van der Waals surface area (Å²) >= 11 is 3.50. The molecule has 21 heavy (non-hydrogen) atoms. The molecule has 0 spiro atoms. The fraction of sp³-hybridized carbons (Fsp3) is 0.333. The summed E-state index contributed by atoms with van der Waals surface area (Å²) in [5.74, 6) is 0. The third-order valence-corrected chi connectivity index (χ3v) is 4.50. The maximum atomic E-state index is 12.4. The summed E-state index contributed by atoms with van der Waals surface area (Å²) in [6, 6.07) is 6.01. The number of rotatable bonds is 1. The van der Waals surface area contributed by atoms with Gasteiger partial charge in [0.25, 0.3) is 0 Å². The second-order valence-electron chi connectivity index (χ2n) is 5.35. The molecule has 108 valence electrons. The van der Waals surface area contributed by atoms with Crippen molar-refractivity contribution in [2.24, 2.45) is 0 Å². The number of H-pyrrole nitrogens is 1. The maximum absolute atomic E-state index is 12.4. The molecular formula is C15H14BrN3O2. The van der Waals surface area contributed by atoms with Crippen LogP contribution in [0.1, 0.15) is 18.9 Å². The molecule has 0 saturated carbocycles. The van der Waals surface area contributed by atoms with E-state index in [-0.39, 0.29) is 11.7 Å². The van der Waals surface area contributed by atoms with Gasteiger partial charge in [-0.05, 0) is 31.0 Å². The second-order valence-corrected chi connectivity index (χ2v) is 6.27. The van der Waals surface area contributed by atoms with Gasteiger partial charge in [0.1, 0.15) is 0 Å². The standard InChI is InChI=1S/C15H14BrN3O2/c16-9-3-4-12-11(6-9)14-13(7-17-12)18-15(20)19(14)10-2-1-5-21-8-10/h3-4,6-7,10H,1-2,5,8H2,(H,18,20)/t10-/m0/s1. The van der Waals surface area contributed by atoms with Crippen LogP contribution in [0.3, 0.4) is 0 Å². The number of ether oxygens (including phenoxy) is 1. The Bertz CT molecular complexity index is 878. The molecule has 0 amide bonds. The minimum absolute atomic E-state index is 0.0876. The van der Waals surface area contributed by atoms with Crippen LogP contribution in [0.4, 0.5) is 0 Å². The molecule has 4 rings (SSSR count). The quantitative estimate of drug-likeness (QED) is 0.736. The molecule has 6 heteroatoms. The van der Waals surface area contributed by atoms with Gasteiger partial charge in [-0.3, -0.25) is 9.55 Å². The number of nitrogens with zero attached hydrogens (tertiary/aromatic N) is 2. The first-order valence-corrected chi connectivity index (χ1v) is 7.79. The van der Waals surface area contributed by atoms with E-state index in [0.717, 1.165) is 45.9 Å². The molecule has 1 atom stereocenters. The van der Waals surface area contributed by atoms with Crippen molar-refractivity contribution in [1.29, 1.82) is 0 Å². The molecule has 1 aromatic carbocycles. The predicted molar refractivity (Wildman–Crippen MR) is 84.6 cm³/mol. The molecule has 5 nitrogen and oxygen atoms in total. The first-order valence-electron chi connectivity index (χ1n) is 7.00. The molecule has 1 saturated heterocycles. The number of hydrogen-bond acceptors (Lipinski definition) is 3. The van der Waals surface area contributed by atoms with E-state index in [1.807, 2.05) is 22.8 Å². The number of aromatic nitrogens is 3. The van der Waals surface area contributed by atoms with Crippen LogP contribution in [0, 0.1) is 0 Å². The fourth-order valence-electron chi connectivity index (χ4n) is 3.05. The number of hydrogen-bond donors (Lipinski definition) is 1. The fourth-order valence-corrected chi connectivity index (χ4v) is 3.42. The van der Waals surface area contributed by atoms with Crippen molar-refractivity contribution >= 4 is 37.9 Å². The zero-order chi connectivity index (χ0) is 14.4. The van der Waals surface area contributed by atoms with Crippen LogP contribution < -0.4 is 5.69 Å². The largest absolute Gasteiger partial charge is 0.379 e. The molecule has 2 aromatic heterocycles. The van der Waals surface area contributed by atoms with E-state index >= 15 is 0 Å². The number of imidazole rings is 1. The van der Waals surface area contributed by atoms with E-state index in [9.17, 15) is 4.79 Å². The number of aromatic amines is 1. The van der Waals surface area contributed by atoms with E-state index in [0.29, 0.717) is 6.61 Å². The van der Waals surface area contributed by atoms with Crippen molar-refractivity contribution in [3.8, 4) is 0 Å². The van der Waals surface area contributed by atoms with Crippen LogP contribution in [-0.2, 0) is 4.74 Å². The lowest BCUT2D eigenvalue weighted by molar-refractivity contribution is 0.0595. The Kier molecular flexibility index (Phi) is 3.08. The Hall–Kier alpha value is -1.66. The summed E-state index contributed by atoms with van der Waals surface area (Å²) in [7, 11) is 0. The van der Waals surface area contributed by atoms with Gasteiger partial charge in [0.2, 0.25) is 0 Å². The Morgan fingerprint density at radius 1 is 1.43 bits per heavy atom. The summed E-state index contributed by atoms with van der Waals surface area (Å²) in [6.07, 6.45) is 3.67. The summed E-state index contributed by atoms with van der Waals surface area (Å²) in [5, 5.41) is 0.978. The van der Waals surface area contributed by atoms with E-state index in [4.69, 9.17) is 4.74 Å². The van der Waals surface area contributed by atoms with Crippen molar-refractivity contribution in [2.75, 3.05) is 13.2 Å². The monoisotopic (exact) mass is 347 g/mol. The third kappa shape index (κ3) is 2.10. The maximum Gasteiger partial charge on any atom is 0.326 e. The summed E-state index contributed by atoms with van der Waals surface area (Å²) < 4.78 is 8.36. The van der Waals surface area contributed by atoms with Crippen molar-refractivity contribution in [1.82, 2.24) is 14.5 Å². The van der Waals surface area contributed by atoms with Crippen molar-refractivity contribution < 1.29 is 4.74 Å². The summed E-state index contributed by atoms with van der Waals surface area (Å²) in [4.78, 5) is 19.7. The normalized spacial score (nSPS) is 19.4. The minimum atomic E-state index is -0.0882. The molecular weight excluding hydrogens is 334 g/mol. The Morgan fingerprint density at radius 3 is 3.14 bits per heavy atom. The highest BCUT2D eigenvalue weighted by Gasteiger charge is 2.21. The lowest BCUT2D eigenvalue weighted by atomic mass is 10.1. The van der Waals surface area contributed by atoms with Gasteiger partial charge >= 0.3 is 5.69 Å². The van der Waals surface area contributed by atoms with Crippen LogP contribution in [0.15, 0.2) is 33.7 Å². The molecule has 0 aliphatic carbocycles. The molecule has 1 fully saturated rings. The highest BCUT2D eigenvalue weighted by molar-refractivity contribution is 9.10. The summed E-state index contributed by atoms with van der Waals surface area (Å²) in [6.45, 7) is 1.37. The topological polar surface area (TPSA) is 59.9 Å². The van der Waals surface area contributed by atoms with Crippen molar-refractivity contribution in [3.63, 3.8) is 0 Å². The molecule has 1 aliphatic heterocycles. The van der Waals surface area contributed by atoms with Crippen molar-refractivity contribution in [3.05, 3.63) is 39.4 Å². The Labute approximate surface area is 129 Å². The van der Waals surface area contributed by atoms with Crippen LogP contribution in [0.2, 0.25) is 0 Å². The lowest BCUT2D eigenvalue weighted by Gasteiger charge is -2.23. The van der Waals surface area contributed by atoms with E-state index in [2.05, 4.69) is 25.9 Å². The first kappa shape index (κ1) is 13.0. The molecule has 1 N–H and O–H groups in total. The number of pyridine rings is 1. The van der Waals surface area contributed by atoms with Gasteiger partial charge in [-0.1, -0.05) is 15.9 Å². The number of benzene rings is 1. The van der Waals surface area contributed by atoms with Gasteiger partial charge in [-0.15, -0.1) is 0 Å². The minimum Gasteiger partial charge on any atom is -0.379 e. The molecule has 3 aromatic rings. The smallest absolute Gasteiger partial charge is 0.326 e. The Morgan fingerprint density at radius 2 is 2.33 bits per heavy atom. The SMILES string of the molecule is O=c1[nH]c2cnc3ccc(Br)cc3c2n1[C@H]1CCCOC1. The van der Waals surface area contributed by atoms with E-state index in [1.54, 1.807) is 6.20 Å². The predicted octanol–water partition coefficient (Wildman–Crippen LogP) is 2.99. The van der Waals surface area contributed by atoms with Crippen molar-refractivity contribution in [2.45, 2.75) is 18.9 Å². The number of halogens is 1. The Balaban J connectivity index is 2.06. The van der Waals surface area contributed by atoms with Crippen LogP contribution in [0.5, 0.6) is 0 Å². The highest BCUT2D eigenvalue weighted by Crippen LogP contribution is 2.28. The third-order valence-electron chi connectivity index (χ3n) is 4.00. The molecule has 1 aliphatic rings. The number of nitrogens with one attached hydrogen (secondary N) is 1. The number of fused-ring (bicyclic) bond motifs is 3. The van der Waals surface area contributed by atoms with Gasteiger partial charge in [0, 0.05) is 16.5 Å². The highest BCUT2D eigenvalue weighted by atomic mass is 79.9. The lowest BCUT2D eigenvalue weighted by Crippen LogP contribution is -2.28. The second kappa shape index (κ2) is 4.96. The molecule has 0 radical (unpaired) electrons. The van der Waals surface area contributed by atoms with Gasteiger partial charge in [0.15, 0.2) is 0 Å². The zero-order valence-corrected chi connectivity index (χ0v) is 12.9. The van der Waals surface area contributed by atoms with Crippen LogP contribution in [0.25, 0.3) is 21.9 Å². The summed E-state index contributed by atoms with van der Waals surface area (Å²) in [5.41, 5.74) is 2.49. The molecule has 0 unspecified atom stereocenters.